The molecule has 1 aliphatic heterocycles. The van der Waals surface area contributed by atoms with E-state index in [2.05, 4.69) is 41.0 Å². The number of hydrogen-bond donors (Lipinski definition) is 0. The van der Waals surface area contributed by atoms with Crippen molar-refractivity contribution < 1.29 is 17.4 Å². The SMILES string of the molecule is Cc1nc(Cn2c(=O)oc3cc(S(=O)(=O)N4CCN(c5cccc(C)c5C)CC4)ccc32)no1. The van der Waals surface area contributed by atoms with Crippen LogP contribution >= 0.6 is 0 Å². The van der Waals surface area contributed by atoms with Crippen molar-refractivity contribution in [2.45, 2.75) is 32.2 Å². The maximum atomic E-state index is 13.3. The maximum absolute atomic E-state index is 13.3. The van der Waals surface area contributed by atoms with E-state index >= 15 is 0 Å². The van der Waals surface area contributed by atoms with Crippen molar-refractivity contribution >= 4 is 26.8 Å². The highest BCUT2D eigenvalue weighted by molar-refractivity contribution is 7.89. The molecule has 0 saturated carbocycles. The number of hydrogen-bond acceptors (Lipinski definition) is 8. The first kappa shape index (κ1) is 22.4. The fourth-order valence-corrected chi connectivity index (χ4v) is 5.74. The predicted molar refractivity (Wildman–Crippen MR) is 125 cm³/mol. The van der Waals surface area contributed by atoms with Gasteiger partial charge in [0.15, 0.2) is 11.4 Å². The summed E-state index contributed by atoms with van der Waals surface area (Å²) in [6.45, 7) is 7.82. The highest BCUT2D eigenvalue weighted by atomic mass is 32.2. The van der Waals surface area contributed by atoms with Crippen LogP contribution in [0, 0.1) is 20.8 Å². The quantitative estimate of drug-likeness (QED) is 0.425. The molecule has 0 spiro atoms. The number of benzene rings is 2. The van der Waals surface area contributed by atoms with Crippen LogP contribution in [0.15, 0.2) is 55.0 Å². The van der Waals surface area contributed by atoms with E-state index in [1.54, 1.807) is 13.0 Å². The number of rotatable bonds is 5. The molecule has 0 bridgehead atoms. The van der Waals surface area contributed by atoms with E-state index in [1.807, 2.05) is 6.07 Å². The lowest BCUT2D eigenvalue weighted by Crippen LogP contribution is -2.48. The van der Waals surface area contributed by atoms with Gasteiger partial charge >= 0.3 is 5.76 Å². The minimum atomic E-state index is -3.74. The van der Waals surface area contributed by atoms with E-state index in [0.717, 1.165) is 5.69 Å². The zero-order valence-electron chi connectivity index (χ0n) is 19.2. The summed E-state index contributed by atoms with van der Waals surface area (Å²) in [6, 6.07) is 10.7. The van der Waals surface area contributed by atoms with Crippen LogP contribution in [-0.4, -0.2) is 53.6 Å². The second kappa shape index (κ2) is 8.41. The van der Waals surface area contributed by atoms with E-state index in [0.29, 0.717) is 43.4 Å². The molecule has 0 radical (unpaired) electrons. The third-order valence-electron chi connectivity index (χ3n) is 6.30. The second-order valence-electron chi connectivity index (χ2n) is 8.42. The molecule has 1 fully saturated rings. The number of fused-ring (bicyclic) bond motifs is 1. The Balaban J connectivity index is 1.37. The van der Waals surface area contributed by atoms with Crippen molar-refractivity contribution in [1.82, 2.24) is 19.0 Å². The van der Waals surface area contributed by atoms with Crippen LogP contribution in [-0.2, 0) is 16.6 Å². The minimum Gasteiger partial charge on any atom is -0.408 e. The van der Waals surface area contributed by atoms with Crippen LogP contribution in [0.5, 0.6) is 0 Å². The molecule has 1 aliphatic rings. The fraction of sp³-hybridized carbons (Fsp3) is 0.348. The summed E-state index contributed by atoms with van der Waals surface area (Å²) in [4.78, 5) is 18.8. The summed E-state index contributed by atoms with van der Waals surface area (Å²) in [5.41, 5.74) is 4.22. The number of oxazole rings is 1. The Morgan fingerprint density at radius 3 is 2.50 bits per heavy atom. The molecule has 178 valence electrons. The van der Waals surface area contributed by atoms with Gasteiger partial charge in [0.25, 0.3) is 0 Å². The van der Waals surface area contributed by atoms with Gasteiger partial charge in [0.2, 0.25) is 15.9 Å². The number of piperazine rings is 1. The molecule has 0 amide bonds. The molecule has 2 aromatic carbocycles. The van der Waals surface area contributed by atoms with E-state index < -0.39 is 15.8 Å². The molecule has 4 aromatic rings. The van der Waals surface area contributed by atoms with Gasteiger partial charge in [-0.3, -0.25) is 4.57 Å². The maximum Gasteiger partial charge on any atom is 0.420 e. The summed E-state index contributed by atoms with van der Waals surface area (Å²) in [5, 5.41) is 3.80. The summed E-state index contributed by atoms with van der Waals surface area (Å²) < 4.78 is 39.8. The second-order valence-corrected chi connectivity index (χ2v) is 10.4. The Bertz CT molecular complexity index is 1530. The fourth-order valence-electron chi connectivity index (χ4n) is 4.30. The molecule has 3 heterocycles. The van der Waals surface area contributed by atoms with Crippen molar-refractivity contribution in [1.29, 1.82) is 0 Å². The number of aryl methyl sites for hydroxylation is 2. The minimum absolute atomic E-state index is 0.0651. The molecule has 2 aromatic heterocycles. The van der Waals surface area contributed by atoms with Gasteiger partial charge in [-0.1, -0.05) is 17.3 Å². The van der Waals surface area contributed by atoms with Crippen molar-refractivity contribution in [3.05, 3.63) is 69.8 Å². The Labute approximate surface area is 196 Å². The smallest absolute Gasteiger partial charge is 0.408 e. The van der Waals surface area contributed by atoms with Gasteiger partial charge in [-0.2, -0.15) is 9.29 Å². The Hall–Kier alpha value is -3.44. The first-order valence-corrected chi connectivity index (χ1v) is 12.4. The molecule has 5 rings (SSSR count). The van der Waals surface area contributed by atoms with Gasteiger partial charge in [-0.25, -0.2) is 13.2 Å². The van der Waals surface area contributed by atoms with E-state index in [-0.39, 0.29) is 17.0 Å². The number of nitrogens with zero attached hydrogens (tertiary/aromatic N) is 5. The van der Waals surface area contributed by atoms with E-state index in [9.17, 15) is 13.2 Å². The molecule has 0 aliphatic carbocycles. The monoisotopic (exact) mass is 483 g/mol. The standard InChI is InChI=1S/C23H25N5O5S/c1-15-5-4-6-19(16(15)2)26-9-11-27(12-10-26)34(30,31)18-7-8-20-21(13-18)32-23(29)28(20)14-22-24-17(3)33-25-22/h4-8,13H,9-12,14H2,1-3H3. The largest absolute Gasteiger partial charge is 0.420 e. The number of anilines is 1. The van der Waals surface area contributed by atoms with Crippen LogP contribution in [0.4, 0.5) is 5.69 Å². The summed E-state index contributed by atoms with van der Waals surface area (Å²) in [6.07, 6.45) is 0. The highest BCUT2D eigenvalue weighted by Gasteiger charge is 2.30. The molecular weight excluding hydrogens is 458 g/mol. The average Bonchev–Trinajstić information content (AvgIpc) is 3.37. The van der Waals surface area contributed by atoms with Crippen LogP contribution in [0.2, 0.25) is 0 Å². The Morgan fingerprint density at radius 1 is 1.03 bits per heavy atom. The average molecular weight is 484 g/mol. The van der Waals surface area contributed by atoms with Crippen LogP contribution in [0.3, 0.4) is 0 Å². The molecule has 34 heavy (non-hydrogen) atoms. The van der Waals surface area contributed by atoms with Crippen molar-refractivity contribution in [2.24, 2.45) is 0 Å². The summed E-state index contributed by atoms with van der Waals surface area (Å²) >= 11 is 0. The third kappa shape index (κ3) is 3.90. The van der Waals surface area contributed by atoms with Gasteiger partial charge in [-0.15, -0.1) is 0 Å². The Morgan fingerprint density at radius 2 is 1.79 bits per heavy atom. The lowest BCUT2D eigenvalue weighted by Gasteiger charge is -2.36. The molecule has 0 atom stereocenters. The first-order chi connectivity index (χ1) is 16.2. The highest BCUT2D eigenvalue weighted by Crippen LogP contribution is 2.27. The van der Waals surface area contributed by atoms with Gasteiger partial charge in [0, 0.05) is 44.9 Å². The third-order valence-corrected chi connectivity index (χ3v) is 8.20. The van der Waals surface area contributed by atoms with Crippen LogP contribution in [0.25, 0.3) is 11.1 Å². The van der Waals surface area contributed by atoms with Crippen LogP contribution in [0.1, 0.15) is 22.8 Å². The summed E-state index contributed by atoms with van der Waals surface area (Å²) in [5.74, 6) is 0.108. The molecule has 11 heteroatoms. The molecular formula is C23H25N5O5S. The van der Waals surface area contributed by atoms with E-state index in [1.165, 1.54) is 32.1 Å². The molecule has 0 N–H and O–H groups in total. The number of sulfonamides is 1. The van der Waals surface area contributed by atoms with Gasteiger partial charge in [-0.05, 0) is 43.2 Å². The summed E-state index contributed by atoms with van der Waals surface area (Å²) in [7, 11) is -3.74. The van der Waals surface area contributed by atoms with Crippen molar-refractivity contribution in [2.75, 3.05) is 31.1 Å². The lowest BCUT2D eigenvalue weighted by molar-refractivity contribution is 0.384. The van der Waals surface area contributed by atoms with Gasteiger partial charge in [0.1, 0.15) is 0 Å². The topological polar surface area (TPSA) is 115 Å². The number of aromatic nitrogens is 3. The zero-order valence-corrected chi connectivity index (χ0v) is 20.0. The normalized spacial score (nSPS) is 15.3. The Kier molecular flexibility index (Phi) is 5.53. The van der Waals surface area contributed by atoms with Crippen molar-refractivity contribution in [3.63, 3.8) is 0 Å². The first-order valence-electron chi connectivity index (χ1n) is 11.0. The van der Waals surface area contributed by atoms with Crippen molar-refractivity contribution in [3.8, 4) is 0 Å². The van der Waals surface area contributed by atoms with Crippen LogP contribution < -0.4 is 10.7 Å². The van der Waals surface area contributed by atoms with Gasteiger partial charge < -0.3 is 13.8 Å². The van der Waals surface area contributed by atoms with E-state index in [4.69, 9.17) is 8.94 Å². The van der Waals surface area contributed by atoms with Gasteiger partial charge in [0.05, 0.1) is 17.0 Å². The molecule has 10 nitrogen and oxygen atoms in total. The molecule has 0 unspecified atom stereocenters. The predicted octanol–water partition coefficient (Wildman–Crippen LogP) is 2.46. The lowest BCUT2D eigenvalue weighted by atomic mass is 10.1. The molecule has 1 saturated heterocycles. The zero-order chi connectivity index (χ0) is 24.0.